The summed E-state index contributed by atoms with van der Waals surface area (Å²) in [5, 5.41) is 0. The van der Waals surface area contributed by atoms with E-state index in [0.717, 1.165) is 0 Å². The molecule has 0 aromatic heterocycles. The molecular formula is C19H35N3O3. The van der Waals surface area contributed by atoms with Gasteiger partial charge >= 0.3 is 0 Å². The molecule has 1 rings (SSSR count). The van der Waals surface area contributed by atoms with E-state index < -0.39 is 6.04 Å². The summed E-state index contributed by atoms with van der Waals surface area (Å²) in [7, 11) is 1.77. The second kappa shape index (κ2) is 8.81. The second-order valence-corrected chi connectivity index (χ2v) is 8.28. The van der Waals surface area contributed by atoms with Crippen LogP contribution >= 0.6 is 0 Å². The first-order valence-corrected chi connectivity index (χ1v) is 9.04. The van der Waals surface area contributed by atoms with Crippen LogP contribution in [0.4, 0.5) is 0 Å². The van der Waals surface area contributed by atoms with Gasteiger partial charge in [-0.3, -0.25) is 9.59 Å². The van der Waals surface area contributed by atoms with Gasteiger partial charge in [0.2, 0.25) is 11.8 Å². The van der Waals surface area contributed by atoms with Gasteiger partial charge in [0.25, 0.3) is 0 Å². The molecule has 0 radical (unpaired) electrons. The number of nitrogens with zero attached hydrogens (tertiary/aromatic N) is 2. The topological polar surface area (TPSA) is 75.9 Å². The van der Waals surface area contributed by atoms with Crippen LogP contribution < -0.4 is 5.73 Å². The molecule has 1 aliphatic heterocycles. The predicted molar refractivity (Wildman–Crippen MR) is 100.0 cm³/mol. The first kappa shape index (κ1) is 21.6. The zero-order valence-electron chi connectivity index (χ0n) is 16.8. The van der Waals surface area contributed by atoms with E-state index in [0.29, 0.717) is 31.9 Å². The van der Waals surface area contributed by atoms with E-state index in [1.165, 1.54) is 0 Å². The molecule has 2 atom stereocenters. The summed E-state index contributed by atoms with van der Waals surface area (Å²) >= 11 is 0. The molecule has 1 heterocycles. The van der Waals surface area contributed by atoms with Crippen LogP contribution in [0.3, 0.4) is 0 Å². The minimum absolute atomic E-state index is 0.00918. The maximum atomic E-state index is 12.7. The average molecular weight is 354 g/mol. The zero-order valence-corrected chi connectivity index (χ0v) is 16.8. The molecule has 25 heavy (non-hydrogen) atoms. The van der Waals surface area contributed by atoms with Gasteiger partial charge in [0.05, 0.1) is 25.3 Å². The Morgan fingerprint density at radius 1 is 1.20 bits per heavy atom. The quantitative estimate of drug-likeness (QED) is 0.763. The van der Waals surface area contributed by atoms with Crippen LogP contribution in [0.1, 0.15) is 41.5 Å². The van der Waals surface area contributed by atoms with Crippen molar-refractivity contribution < 1.29 is 14.3 Å². The summed E-state index contributed by atoms with van der Waals surface area (Å²) in [4.78, 5) is 28.8. The van der Waals surface area contributed by atoms with Crippen molar-refractivity contribution in [3.63, 3.8) is 0 Å². The second-order valence-electron chi connectivity index (χ2n) is 8.28. The molecule has 0 bridgehead atoms. The summed E-state index contributed by atoms with van der Waals surface area (Å²) in [6, 6.07) is -0.756. The number of likely N-dealkylation sites (N-methyl/N-ethyl adjacent to an activating group) is 1. The van der Waals surface area contributed by atoms with Crippen LogP contribution in [-0.4, -0.2) is 67.0 Å². The van der Waals surface area contributed by atoms with Crippen LogP contribution in [0.25, 0.3) is 0 Å². The third kappa shape index (κ3) is 5.82. The number of hydrogen-bond acceptors (Lipinski definition) is 4. The number of hydrogen-bond donors (Lipinski definition) is 1. The lowest BCUT2D eigenvalue weighted by atomic mass is 9.86. The van der Waals surface area contributed by atoms with Crippen molar-refractivity contribution >= 4 is 11.8 Å². The van der Waals surface area contributed by atoms with Crippen LogP contribution in [-0.2, 0) is 14.3 Å². The smallest absolute Gasteiger partial charge is 0.249 e. The van der Waals surface area contributed by atoms with Crippen molar-refractivity contribution in [3.05, 3.63) is 11.6 Å². The summed E-state index contributed by atoms with van der Waals surface area (Å²) in [5.41, 5.74) is 6.49. The lowest BCUT2D eigenvalue weighted by Crippen LogP contribution is -2.52. The highest BCUT2D eigenvalue weighted by molar-refractivity contribution is 5.93. The molecule has 144 valence electrons. The first-order chi connectivity index (χ1) is 11.5. The molecule has 0 aliphatic carbocycles. The van der Waals surface area contributed by atoms with E-state index in [2.05, 4.69) is 0 Å². The Morgan fingerprint density at radius 3 is 2.16 bits per heavy atom. The molecule has 6 nitrogen and oxygen atoms in total. The number of rotatable bonds is 5. The average Bonchev–Trinajstić information content (AvgIpc) is 2.56. The molecule has 0 aromatic rings. The van der Waals surface area contributed by atoms with E-state index in [1.807, 2.05) is 47.6 Å². The lowest BCUT2D eigenvalue weighted by Gasteiger charge is -2.35. The van der Waals surface area contributed by atoms with E-state index >= 15 is 0 Å². The van der Waals surface area contributed by atoms with Crippen molar-refractivity contribution in [3.8, 4) is 0 Å². The SMILES string of the molecule is CC(=C[C@H](C(C)C)N(C)C(=O)[C@@H](N)C(C)(C)C)C(=O)N1CCOCC1. The Balaban J connectivity index is 2.94. The van der Waals surface area contributed by atoms with Crippen LogP contribution in [0.5, 0.6) is 0 Å². The summed E-state index contributed by atoms with van der Waals surface area (Å²) in [6.07, 6.45) is 1.90. The maximum absolute atomic E-state index is 12.7. The number of ether oxygens (including phenoxy) is 1. The Labute approximate surface area is 152 Å². The fourth-order valence-corrected chi connectivity index (χ4v) is 2.83. The Morgan fingerprint density at radius 2 is 1.72 bits per heavy atom. The minimum Gasteiger partial charge on any atom is -0.378 e. The van der Waals surface area contributed by atoms with Gasteiger partial charge in [0.15, 0.2) is 0 Å². The third-order valence-corrected chi connectivity index (χ3v) is 4.73. The summed E-state index contributed by atoms with van der Waals surface area (Å²) in [6.45, 7) is 14.1. The molecule has 0 spiro atoms. The Kier molecular flexibility index (Phi) is 7.62. The highest BCUT2D eigenvalue weighted by atomic mass is 16.5. The Bertz CT molecular complexity index is 503. The normalized spacial score (nSPS) is 18.9. The molecule has 0 unspecified atom stereocenters. The molecule has 1 saturated heterocycles. The summed E-state index contributed by atoms with van der Waals surface area (Å²) < 4.78 is 5.30. The van der Waals surface area contributed by atoms with Crippen molar-refractivity contribution in [2.75, 3.05) is 33.4 Å². The monoisotopic (exact) mass is 353 g/mol. The van der Waals surface area contributed by atoms with Crippen molar-refractivity contribution in [2.45, 2.75) is 53.6 Å². The summed E-state index contributed by atoms with van der Waals surface area (Å²) in [5.74, 6) is 0.0811. The van der Waals surface area contributed by atoms with E-state index in [9.17, 15) is 9.59 Å². The number of nitrogens with two attached hydrogens (primary N) is 1. The van der Waals surface area contributed by atoms with Gasteiger partial charge in [-0.25, -0.2) is 0 Å². The maximum Gasteiger partial charge on any atom is 0.249 e. The van der Waals surface area contributed by atoms with Gasteiger partial charge < -0.3 is 20.3 Å². The number of morpholine rings is 1. The van der Waals surface area contributed by atoms with E-state index in [-0.39, 0.29) is 29.2 Å². The van der Waals surface area contributed by atoms with Gasteiger partial charge in [-0.1, -0.05) is 40.7 Å². The molecule has 2 amide bonds. The largest absolute Gasteiger partial charge is 0.378 e. The van der Waals surface area contributed by atoms with E-state index in [1.54, 1.807) is 16.8 Å². The van der Waals surface area contributed by atoms with Gasteiger partial charge in [-0.15, -0.1) is 0 Å². The highest BCUT2D eigenvalue weighted by Gasteiger charge is 2.33. The molecular weight excluding hydrogens is 318 g/mol. The fraction of sp³-hybridized carbons (Fsp3) is 0.789. The van der Waals surface area contributed by atoms with Crippen molar-refractivity contribution in [2.24, 2.45) is 17.1 Å². The van der Waals surface area contributed by atoms with Crippen LogP contribution in [0, 0.1) is 11.3 Å². The highest BCUT2D eigenvalue weighted by Crippen LogP contribution is 2.22. The van der Waals surface area contributed by atoms with E-state index in [4.69, 9.17) is 10.5 Å². The standard InChI is InChI=1S/C19H35N3O3/c1-13(2)15(21(7)18(24)16(20)19(4,5)6)12-14(3)17(23)22-8-10-25-11-9-22/h12-13,15-16H,8-11,20H2,1-7H3/t15-,16-/m1/s1. The fourth-order valence-electron chi connectivity index (χ4n) is 2.83. The van der Waals surface area contributed by atoms with Crippen LogP contribution in [0.2, 0.25) is 0 Å². The van der Waals surface area contributed by atoms with Gasteiger partial charge in [-0.2, -0.15) is 0 Å². The Hall–Kier alpha value is -1.40. The number of carbonyl (C=O) groups is 2. The van der Waals surface area contributed by atoms with Gasteiger partial charge in [0.1, 0.15) is 0 Å². The van der Waals surface area contributed by atoms with Crippen molar-refractivity contribution in [1.82, 2.24) is 9.80 Å². The number of amides is 2. The molecule has 1 aliphatic rings. The minimum atomic E-state index is -0.581. The number of carbonyl (C=O) groups excluding carboxylic acids is 2. The molecule has 0 aromatic carbocycles. The molecule has 1 fully saturated rings. The predicted octanol–water partition coefficient (Wildman–Crippen LogP) is 1.65. The van der Waals surface area contributed by atoms with Crippen molar-refractivity contribution in [1.29, 1.82) is 0 Å². The lowest BCUT2D eigenvalue weighted by molar-refractivity contribution is -0.136. The zero-order chi connectivity index (χ0) is 19.4. The first-order valence-electron chi connectivity index (χ1n) is 9.04. The molecule has 6 heteroatoms. The third-order valence-electron chi connectivity index (χ3n) is 4.73. The molecule has 0 saturated carbocycles. The van der Waals surface area contributed by atoms with Crippen LogP contribution in [0.15, 0.2) is 11.6 Å². The van der Waals surface area contributed by atoms with Gasteiger partial charge in [0, 0.05) is 25.7 Å². The van der Waals surface area contributed by atoms with Gasteiger partial charge in [-0.05, 0) is 18.3 Å². The molecule has 2 N–H and O–H groups in total.